The number of halogens is 1. The smallest absolute Gasteiger partial charge is 0.239 e. The van der Waals surface area contributed by atoms with Crippen LogP contribution in [0.25, 0.3) is 0 Å². The molecule has 0 radical (unpaired) electrons. The van der Waals surface area contributed by atoms with E-state index in [1.54, 1.807) is 21.3 Å². The second-order valence-electron chi connectivity index (χ2n) is 5.54. The van der Waals surface area contributed by atoms with Gasteiger partial charge in [-0.1, -0.05) is 6.07 Å². The number of methoxy groups -OCH3 is 3. The van der Waals surface area contributed by atoms with Crippen molar-refractivity contribution in [3.8, 4) is 17.2 Å². The van der Waals surface area contributed by atoms with E-state index < -0.39 is 0 Å². The lowest BCUT2D eigenvalue weighted by atomic mass is 10.1. The summed E-state index contributed by atoms with van der Waals surface area (Å²) in [5.41, 5.74) is 0.941. The zero-order valence-electron chi connectivity index (χ0n) is 15.1. The Hall–Kier alpha value is -1.70. The van der Waals surface area contributed by atoms with Gasteiger partial charge in [0, 0.05) is 18.7 Å². The molecule has 0 unspecified atom stereocenters. The zero-order valence-corrected chi connectivity index (χ0v) is 15.9. The van der Waals surface area contributed by atoms with Crippen molar-refractivity contribution in [2.45, 2.75) is 25.5 Å². The van der Waals surface area contributed by atoms with Crippen molar-refractivity contribution in [1.82, 2.24) is 10.6 Å². The third-order valence-corrected chi connectivity index (χ3v) is 4.08. The highest BCUT2D eigenvalue weighted by atomic mass is 35.5. The van der Waals surface area contributed by atoms with Crippen LogP contribution in [0.2, 0.25) is 0 Å². The molecule has 8 heteroatoms. The lowest BCUT2D eigenvalue weighted by molar-refractivity contribution is -0.128. The molecule has 0 bridgehead atoms. The highest BCUT2D eigenvalue weighted by molar-refractivity contribution is 5.85. The SMILES string of the molecule is COc1ccc(CCNC(=O)[C@H]2NCCO[C@@H]2C)c(OC)c1OC.Cl. The summed E-state index contributed by atoms with van der Waals surface area (Å²) in [6.45, 7) is 3.71. The number of nitrogens with one attached hydrogen (secondary N) is 2. The van der Waals surface area contributed by atoms with E-state index in [0.29, 0.717) is 43.4 Å². The fourth-order valence-electron chi connectivity index (χ4n) is 2.82. The highest BCUT2D eigenvalue weighted by Crippen LogP contribution is 2.39. The van der Waals surface area contributed by atoms with E-state index >= 15 is 0 Å². The van der Waals surface area contributed by atoms with Gasteiger partial charge in [-0.05, 0) is 19.4 Å². The van der Waals surface area contributed by atoms with Gasteiger partial charge in [-0.2, -0.15) is 0 Å². The van der Waals surface area contributed by atoms with Crippen LogP contribution in [-0.4, -0.2) is 59.1 Å². The lowest BCUT2D eigenvalue weighted by Crippen LogP contribution is -2.55. The number of amides is 1. The molecular formula is C17H27ClN2O5. The van der Waals surface area contributed by atoms with Crippen LogP contribution >= 0.6 is 12.4 Å². The van der Waals surface area contributed by atoms with Crippen LogP contribution in [0, 0.1) is 0 Å². The van der Waals surface area contributed by atoms with Gasteiger partial charge < -0.3 is 29.6 Å². The summed E-state index contributed by atoms with van der Waals surface area (Å²) in [6, 6.07) is 3.43. The summed E-state index contributed by atoms with van der Waals surface area (Å²) in [4.78, 5) is 12.2. The van der Waals surface area contributed by atoms with Crippen molar-refractivity contribution < 1.29 is 23.7 Å². The van der Waals surface area contributed by atoms with E-state index in [4.69, 9.17) is 18.9 Å². The molecule has 1 aromatic rings. The van der Waals surface area contributed by atoms with Crippen molar-refractivity contribution in [1.29, 1.82) is 0 Å². The molecule has 1 fully saturated rings. The maximum absolute atomic E-state index is 12.2. The molecule has 1 aliphatic heterocycles. The van der Waals surface area contributed by atoms with Crippen LogP contribution in [-0.2, 0) is 16.0 Å². The Bertz CT molecular complexity index is 570. The third kappa shape index (κ3) is 5.14. The van der Waals surface area contributed by atoms with Crippen molar-refractivity contribution in [3.05, 3.63) is 17.7 Å². The molecule has 2 rings (SSSR count). The van der Waals surface area contributed by atoms with Crippen LogP contribution in [0.15, 0.2) is 12.1 Å². The average molecular weight is 375 g/mol. The number of carbonyl (C=O) groups excluding carboxylic acids is 1. The van der Waals surface area contributed by atoms with E-state index in [1.165, 1.54) is 0 Å². The Kier molecular flexibility index (Phi) is 8.82. The van der Waals surface area contributed by atoms with Gasteiger partial charge in [0.25, 0.3) is 0 Å². The average Bonchev–Trinajstić information content (AvgIpc) is 2.61. The molecule has 2 N–H and O–H groups in total. The molecule has 1 aliphatic rings. The first-order chi connectivity index (χ1) is 11.6. The first-order valence-corrected chi connectivity index (χ1v) is 8.02. The van der Waals surface area contributed by atoms with Crippen molar-refractivity contribution in [3.63, 3.8) is 0 Å². The fraction of sp³-hybridized carbons (Fsp3) is 0.588. The zero-order chi connectivity index (χ0) is 17.5. The molecule has 1 heterocycles. The minimum absolute atomic E-state index is 0. The molecule has 1 saturated heterocycles. The predicted molar refractivity (Wildman–Crippen MR) is 97.3 cm³/mol. The summed E-state index contributed by atoms with van der Waals surface area (Å²) in [5.74, 6) is 1.74. The van der Waals surface area contributed by atoms with Crippen molar-refractivity contribution in [2.75, 3.05) is 41.0 Å². The molecule has 0 spiro atoms. The number of ether oxygens (including phenoxy) is 4. The predicted octanol–water partition coefficient (Wildman–Crippen LogP) is 1.17. The monoisotopic (exact) mass is 374 g/mol. The van der Waals surface area contributed by atoms with Gasteiger partial charge in [0.2, 0.25) is 11.7 Å². The number of hydrogen-bond donors (Lipinski definition) is 2. The number of benzene rings is 1. The highest BCUT2D eigenvalue weighted by Gasteiger charge is 2.28. The Morgan fingerprint density at radius 2 is 1.96 bits per heavy atom. The second-order valence-corrected chi connectivity index (χ2v) is 5.54. The summed E-state index contributed by atoms with van der Waals surface area (Å²) in [6.07, 6.45) is 0.492. The molecule has 7 nitrogen and oxygen atoms in total. The van der Waals surface area contributed by atoms with Gasteiger partial charge in [-0.15, -0.1) is 12.4 Å². The summed E-state index contributed by atoms with van der Waals surface area (Å²) < 4.78 is 21.6. The van der Waals surface area contributed by atoms with Gasteiger partial charge in [0.1, 0.15) is 6.04 Å². The Morgan fingerprint density at radius 1 is 1.24 bits per heavy atom. The quantitative estimate of drug-likeness (QED) is 0.746. The topological polar surface area (TPSA) is 78.1 Å². The molecule has 0 saturated carbocycles. The molecule has 25 heavy (non-hydrogen) atoms. The largest absolute Gasteiger partial charge is 0.493 e. The van der Waals surface area contributed by atoms with Crippen LogP contribution in [0.5, 0.6) is 17.2 Å². The second kappa shape index (κ2) is 10.3. The molecule has 0 aromatic heterocycles. The molecule has 0 aliphatic carbocycles. The summed E-state index contributed by atoms with van der Waals surface area (Å²) in [5, 5.41) is 6.11. The van der Waals surface area contributed by atoms with Crippen LogP contribution in [0.3, 0.4) is 0 Å². The Labute approximate surface area is 154 Å². The van der Waals surface area contributed by atoms with Crippen molar-refractivity contribution in [2.24, 2.45) is 0 Å². The van der Waals surface area contributed by atoms with Gasteiger partial charge in [-0.3, -0.25) is 4.79 Å². The minimum atomic E-state index is -0.314. The molecule has 2 atom stereocenters. The van der Waals surface area contributed by atoms with Crippen molar-refractivity contribution >= 4 is 18.3 Å². The van der Waals surface area contributed by atoms with E-state index in [1.807, 2.05) is 19.1 Å². The van der Waals surface area contributed by atoms with Gasteiger partial charge >= 0.3 is 0 Å². The van der Waals surface area contributed by atoms with Gasteiger partial charge in [0.05, 0.1) is 34.0 Å². The number of carbonyl (C=O) groups is 1. The Balaban J connectivity index is 0.00000312. The van der Waals surface area contributed by atoms with Crippen LogP contribution in [0.1, 0.15) is 12.5 Å². The molecule has 1 aromatic carbocycles. The van der Waals surface area contributed by atoms with E-state index in [9.17, 15) is 4.79 Å². The van der Waals surface area contributed by atoms with Gasteiger partial charge in [0.15, 0.2) is 11.5 Å². The maximum Gasteiger partial charge on any atom is 0.239 e. The minimum Gasteiger partial charge on any atom is -0.493 e. The molecule has 142 valence electrons. The van der Waals surface area contributed by atoms with E-state index in [-0.39, 0.29) is 30.5 Å². The van der Waals surface area contributed by atoms with Crippen LogP contribution < -0.4 is 24.8 Å². The number of hydrogen-bond acceptors (Lipinski definition) is 6. The van der Waals surface area contributed by atoms with Gasteiger partial charge in [-0.25, -0.2) is 0 Å². The number of rotatable bonds is 7. The molecule has 1 amide bonds. The fourth-order valence-corrected chi connectivity index (χ4v) is 2.82. The number of morpholine rings is 1. The third-order valence-electron chi connectivity index (χ3n) is 4.08. The lowest BCUT2D eigenvalue weighted by Gasteiger charge is -2.29. The Morgan fingerprint density at radius 3 is 2.56 bits per heavy atom. The maximum atomic E-state index is 12.2. The summed E-state index contributed by atoms with van der Waals surface area (Å²) >= 11 is 0. The normalized spacial score (nSPS) is 19.5. The van der Waals surface area contributed by atoms with Crippen LogP contribution in [0.4, 0.5) is 0 Å². The summed E-state index contributed by atoms with van der Waals surface area (Å²) in [7, 11) is 4.74. The van der Waals surface area contributed by atoms with E-state index in [2.05, 4.69) is 10.6 Å². The first kappa shape index (κ1) is 21.3. The standard InChI is InChI=1S/C17H26N2O5.ClH/c1-11-14(18-9-10-24-11)17(20)19-8-7-12-5-6-13(21-2)16(23-4)15(12)22-3;/h5-6,11,14,18H,7-10H2,1-4H3,(H,19,20);1H/t11-,14+;/m1./s1. The molecular weight excluding hydrogens is 348 g/mol. The van der Waals surface area contributed by atoms with E-state index in [0.717, 1.165) is 5.56 Å². The first-order valence-electron chi connectivity index (χ1n) is 8.02.